The van der Waals surface area contributed by atoms with Gasteiger partial charge >= 0.3 is 0 Å². The molecule has 140 valence electrons. The number of hydrogen-bond donors (Lipinski definition) is 1. The summed E-state index contributed by atoms with van der Waals surface area (Å²) in [7, 11) is 0. The minimum Gasteiger partial charge on any atom is -0.372 e. The number of aromatic nitrogens is 2. The molecule has 0 aliphatic carbocycles. The summed E-state index contributed by atoms with van der Waals surface area (Å²) in [4.78, 5) is 18.9. The maximum absolute atomic E-state index is 12.5. The Balaban J connectivity index is 2.38. The van der Waals surface area contributed by atoms with Crippen LogP contribution in [0.25, 0.3) is 0 Å². The smallest absolute Gasteiger partial charge is 0.249 e. The third-order valence-corrected chi connectivity index (χ3v) is 4.49. The second-order valence-electron chi connectivity index (χ2n) is 6.90. The van der Waals surface area contributed by atoms with Crippen molar-refractivity contribution >= 4 is 39.6 Å². The van der Waals surface area contributed by atoms with Gasteiger partial charge in [-0.3, -0.25) is 4.79 Å². The third kappa shape index (κ3) is 5.08. The van der Waals surface area contributed by atoms with Crippen LogP contribution >= 0.6 is 11.5 Å². The molecule has 1 aromatic heterocycles. The van der Waals surface area contributed by atoms with Gasteiger partial charge in [0.05, 0.1) is 5.69 Å². The Labute approximate surface area is 158 Å². The summed E-state index contributed by atoms with van der Waals surface area (Å²) in [5, 5.41) is 11.9. The summed E-state index contributed by atoms with van der Waals surface area (Å²) < 4.78 is 4.09. The summed E-state index contributed by atoms with van der Waals surface area (Å²) in [6.45, 7) is 13.4. The standard InChI is InChI=1S/C18H26N6OS/c1-7-24(8-2)13-9-10-14(21-22-17-19-12(3)23-26-17)15(11-13)20-16(25)18(4,5)6/h9-11H,7-8H2,1-6H3,(H,20,25)/b22-21+. The molecule has 1 aromatic carbocycles. The van der Waals surface area contributed by atoms with Crippen molar-refractivity contribution in [2.24, 2.45) is 15.6 Å². The van der Waals surface area contributed by atoms with Crippen LogP contribution in [0.15, 0.2) is 28.4 Å². The van der Waals surface area contributed by atoms with E-state index in [4.69, 9.17) is 0 Å². The number of rotatable bonds is 6. The molecule has 7 nitrogen and oxygen atoms in total. The molecule has 0 aliphatic heterocycles. The number of nitrogens with one attached hydrogen (secondary N) is 1. The number of aryl methyl sites for hydroxylation is 1. The lowest BCUT2D eigenvalue weighted by atomic mass is 9.95. The first-order valence-corrected chi connectivity index (χ1v) is 9.44. The molecule has 1 amide bonds. The number of amides is 1. The highest BCUT2D eigenvalue weighted by Gasteiger charge is 2.22. The van der Waals surface area contributed by atoms with E-state index >= 15 is 0 Å². The summed E-state index contributed by atoms with van der Waals surface area (Å²) >= 11 is 1.19. The van der Waals surface area contributed by atoms with Crippen LogP contribution in [-0.4, -0.2) is 28.4 Å². The lowest BCUT2D eigenvalue weighted by molar-refractivity contribution is -0.123. The molecule has 0 saturated carbocycles. The maximum atomic E-state index is 12.5. The van der Waals surface area contributed by atoms with E-state index in [2.05, 4.69) is 43.7 Å². The zero-order valence-electron chi connectivity index (χ0n) is 16.2. The van der Waals surface area contributed by atoms with Gasteiger partial charge in [-0.25, -0.2) is 4.98 Å². The predicted octanol–water partition coefficient (Wildman–Crippen LogP) is 5.09. The fraction of sp³-hybridized carbons (Fsp3) is 0.500. The van der Waals surface area contributed by atoms with Crippen molar-refractivity contribution in [3.8, 4) is 0 Å². The van der Waals surface area contributed by atoms with Crippen molar-refractivity contribution in [3.05, 3.63) is 24.0 Å². The largest absolute Gasteiger partial charge is 0.372 e. The summed E-state index contributed by atoms with van der Waals surface area (Å²) in [5.74, 6) is 0.597. The second kappa shape index (κ2) is 8.35. The van der Waals surface area contributed by atoms with Crippen LogP contribution in [0.3, 0.4) is 0 Å². The van der Waals surface area contributed by atoms with Gasteiger partial charge in [0.15, 0.2) is 0 Å². The van der Waals surface area contributed by atoms with E-state index in [0.717, 1.165) is 18.8 Å². The topological polar surface area (TPSA) is 82.8 Å². The number of anilines is 2. The van der Waals surface area contributed by atoms with Crippen molar-refractivity contribution in [2.45, 2.75) is 41.5 Å². The van der Waals surface area contributed by atoms with Crippen LogP contribution in [-0.2, 0) is 4.79 Å². The van der Waals surface area contributed by atoms with E-state index < -0.39 is 5.41 Å². The van der Waals surface area contributed by atoms with Crippen molar-refractivity contribution in [1.29, 1.82) is 0 Å². The number of carbonyl (C=O) groups excluding carboxylic acids is 1. The summed E-state index contributed by atoms with van der Waals surface area (Å²) in [6, 6.07) is 5.79. The van der Waals surface area contributed by atoms with Gasteiger partial charge in [-0.15, -0.1) is 10.2 Å². The first-order valence-electron chi connectivity index (χ1n) is 8.67. The zero-order valence-corrected chi connectivity index (χ0v) is 17.0. The molecule has 0 aliphatic rings. The first kappa shape index (κ1) is 20.0. The molecule has 2 aromatic rings. The average molecular weight is 375 g/mol. The lowest BCUT2D eigenvalue weighted by Crippen LogP contribution is -2.28. The molecule has 1 N–H and O–H groups in total. The van der Waals surface area contributed by atoms with E-state index in [0.29, 0.717) is 22.3 Å². The van der Waals surface area contributed by atoms with E-state index in [1.165, 1.54) is 11.5 Å². The molecule has 0 saturated heterocycles. The molecule has 0 spiro atoms. The van der Waals surface area contributed by atoms with Crippen LogP contribution in [0.5, 0.6) is 0 Å². The van der Waals surface area contributed by atoms with Crippen molar-refractivity contribution < 1.29 is 4.79 Å². The molecule has 26 heavy (non-hydrogen) atoms. The fourth-order valence-corrected chi connectivity index (χ4v) is 2.73. The van der Waals surface area contributed by atoms with E-state index in [1.54, 1.807) is 0 Å². The first-order chi connectivity index (χ1) is 12.2. The molecule has 8 heteroatoms. The fourth-order valence-electron chi connectivity index (χ4n) is 2.23. The number of nitrogens with zero attached hydrogens (tertiary/aromatic N) is 5. The monoisotopic (exact) mass is 374 g/mol. The average Bonchev–Trinajstić information content (AvgIpc) is 2.99. The van der Waals surface area contributed by atoms with Crippen LogP contribution in [0.2, 0.25) is 0 Å². The minimum absolute atomic E-state index is 0.0718. The Kier molecular flexibility index (Phi) is 6.42. The highest BCUT2D eigenvalue weighted by Crippen LogP contribution is 2.33. The molecule has 0 fully saturated rings. The minimum atomic E-state index is -0.504. The van der Waals surface area contributed by atoms with Crippen LogP contribution in [0, 0.1) is 12.3 Å². The van der Waals surface area contributed by atoms with E-state index in [-0.39, 0.29) is 5.91 Å². The maximum Gasteiger partial charge on any atom is 0.249 e. The van der Waals surface area contributed by atoms with Crippen LogP contribution < -0.4 is 10.2 Å². The highest BCUT2D eigenvalue weighted by atomic mass is 32.1. The Bertz CT molecular complexity index is 789. The van der Waals surface area contributed by atoms with E-state index in [1.807, 2.05) is 45.9 Å². The van der Waals surface area contributed by atoms with Crippen molar-refractivity contribution in [3.63, 3.8) is 0 Å². The quantitative estimate of drug-likeness (QED) is 0.714. The highest BCUT2D eigenvalue weighted by molar-refractivity contribution is 7.09. The van der Waals surface area contributed by atoms with Gasteiger partial charge in [0.1, 0.15) is 11.5 Å². The molecule has 0 bridgehead atoms. The second-order valence-corrected chi connectivity index (χ2v) is 7.63. The van der Waals surface area contributed by atoms with Crippen molar-refractivity contribution in [1.82, 2.24) is 9.36 Å². The molecule has 0 radical (unpaired) electrons. The van der Waals surface area contributed by atoms with Gasteiger partial charge in [0.25, 0.3) is 0 Å². The number of hydrogen-bond acceptors (Lipinski definition) is 7. The predicted molar refractivity (Wildman–Crippen MR) is 107 cm³/mol. The number of carbonyl (C=O) groups is 1. The third-order valence-electron chi connectivity index (χ3n) is 3.80. The van der Waals surface area contributed by atoms with Crippen molar-refractivity contribution in [2.75, 3.05) is 23.3 Å². The van der Waals surface area contributed by atoms with Gasteiger partial charge in [-0.1, -0.05) is 20.8 Å². The molecule has 2 rings (SSSR count). The Hall–Kier alpha value is -2.35. The Morgan fingerprint density at radius 3 is 2.46 bits per heavy atom. The normalized spacial score (nSPS) is 11.8. The summed E-state index contributed by atoms with van der Waals surface area (Å²) in [5.41, 5.74) is 1.76. The number of azo groups is 1. The SMILES string of the molecule is CCN(CC)c1ccc(/N=N/c2nc(C)ns2)c(NC(=O)C(C)(C)C)c1. The van der Waals surface area contributed by atoms with Gasteiger partial charge < -0.3 is 10.2 Å². The van der Waals surface area contributed by atoms with Gasteiger partial charge in [0, 0.05) is 35.7 Å². The molecule has 0 unspecified atom stereocenters. The Morgan fingerprint density at radius 1 is 1.23 bits per heavy atom. The lowest BCUT2D eigenvalue weighted by Gasteiger charge is -2.23. The van der Waals surface area contributed by atoms with Crippen LogP contribution in [0.4, 0.5) is 22.2 Å². The zero-order chi connectivity index (χ0) is 19.3. The molecule has 0 atom stereocenters. The molecular weight excluding hydrogens is 348 g/mol. The molecule has 1 heterocycles. The molecular formula is C18H26N6OS. The van der Waals surface area contributed by atoms with Crippen LogP contribution in [0.1, 0.15) is 40.4 Å². The Morgan fingerprint density at radius 2 is 1.92 bits per heavy atom. The van der Waals surface area contributed by atoms with E-state index in [9.17, 15) is 4.79 Å². The van der Waals surface area contributed by atoms with Gasteiger partial charge in [0.2, 0.25) is 11.0 Å². The van der Waals surface area contributed by atoms with Gasteiger partial charge in [-0.05, 0) is 39.0 Å². The summed E-state index contributed by atoms with van der Waals surface area (Å²) in [6.07, 6.45) is 0. The van der Waals surface area contributed by atoms with Gasteiger partial charge in [-0.2, -0.15) is 4.37 Å². The number of benzene rings is 1.